The van der Waals surface area contributed by atoms with Crippen molar-refractivity contribution in [3.63, 3.8) is 0 Å². The summed E-state index contributed by atoms with van der Waals surface area (Å²) >= 11 is 0. The van der Waals surface area contributed by atoms with E-state index in [2.05, 4.69) is 32.6 Å². The van der Waals surface area contributed by atoms with Crippen LogP contribution in [0.5, 0.6) is 0 Å². The van der Waals surface area contributed by atoms with Crippen molar-refractivity contribution < 1.29 is 4.74 Å². The Bertz CT molecular complexity index is 186. The van der Waals surface area contributed by atoms with E-state index < -0.39 is 0 Å². The summed E-state index contributed by atoms with van der Waals surface area (Å²) in [5, 5.41) is 0. The molecule has 19 heavy (non-hydrogen) atoms. The Morgan fingerprint density at radius 1 is 1.05 bits per heavy atom. The van der Waals surface area contributed by atoms with Crippen molar-refractivity contribution in [2.24, 2.45) is 5.92 Å². The Labute approximate surface area is 121 Å². The van der Waals surface area contributed by atoms with E-state index in [-0.39, 0.29) is 0 Å². The zero-order chi connectivity index (χ0) is 14.7. The lowest BCUT2D eigenvalue weighted by Gasteiger charge is -2.33. The van der Waals surface area contributed by atoms with E-state index in [4.69, 9.17) is 4.74 Å². The van der Waals surface area contributed by atoms with Crippen LogP contribution < -0.4 is 0 Å². The minimum absolute atomic E-state index is 0.445. The van der Waals surface area contributed by atoms with Gasteiger partial charge in [-0.05, 0) is 51.5 Å². The Morgan fingerprint density at radius 2 is 1.63 bits per heavy atom. The lowest BCUT2D eigenvalue weighted by atomic mass is 10.0. The summed E-state index contributed by atoms with van der Waals surface area (Å²) in [6, 6.07) is 0. The summed E-state index contributed by atoms with van der Waals surface area (Å²) in [6.07, 6.45) is 7.20. The normalized spacial score (nSPS) is 19.1. The third-order valence-electron chi connectivity index (χ3n) is 3.65. The van der Waals surface area contributed by atoms with Gasteiger partial charge in [-0.15, -0.1) is 0 Å². The number of rotatable bonds is 7. The van der Waals surface area contributed by atoms with Gasteiger partial charge in [-0.2, -0.15) is 0 Å². The first-order valence-electron chi connectivity index (χ1n) is 8.49. The molecule has 0 aliphatic carbocycles. The molecule has 0 aromatic rings. The third kappa shape index (κ3) is 9.45. The van der Waals surface area contributed by atoms with Gasteiger partial charge >= 0.3 is 0 Å². The summed E-state index contributed by atoms with van der Waals surface area (Å²) < 4.78 is 6.14. The van der Waals surface area contributed by atoms with Gasteiger partial charge in [-0.3, -0.25) is 0 Å². The fourth-order valence-electron chi connectivity index (χ4n) is 2.55. The molecule has 116 valence electrons. The smallest absolute Gasteiger partial charge is 0.0603 e. The quantitative estimate of drug-likeness (QED) is 0.664. The highest BCUT2D eigenvalue weighted by atomic mass is 16.5. The van der Waals surface area contributed by atoms with E-state index in [1.54, 1.807) is 0 Å². The van der Waals surface area contributed by atoms with E-state index in [1.807, 2.05) is 13.8 Å². The highest BCUT2D eigenvalue weighted by molar-refractivity contribution is 4.73. The molecule has 0 saturated carbocycles. The number of hydrogen-bond acceptors (Lipinski definition) is 2. The summed E-state index contributed by atoms with van der Waals surface area (Å²) in [5.74, 6) is 0.799. The molecule has 1 rings (SSSR count). The largest absolute Gasteiger partial charge is 0.375 e. The highest BCUT2D eigenvalue weighted by Gasteiger charge is 2.20. The second kappa shape index (κ2) is 11.7. The van der Waals surface area contributed by atoms with Crippen molar-refractivity contribution in [1.82, 2.24) is 4.90 Å². The van der Waals surface area contributed by atoms with Gasteiger partial charge in [-0.25, -0.2) is 0 Å². The zero-order valence-corrected chi connectivity index (χ0v) is 14.2. The van der Waals surface area contributed by atoms with E-state index >= 15 is 0 Å². The van der Waals surface area contributed by atoms with Gasteiger partial charge < -0.3 is 9.64 Å². The van der Waals surface area contributed by atoms with Crippen LogP contribution in [0.2, 0.25) is 0 Å². The minimum Gasteiger partial charge on any atom is -0.375 e. The molecule has 1 aliphatic rings. The average molecular weight is 271 g/mol. The van der Waals surface area contributed by atoms with Crippen molar-refractivity contribution in [2.75, 3.05) is 19.6 Å². The van der Waals surface area contributed by atoms with E-state index in [1.165, 1.54) is 51.7 Å². The number of ether oxygens (including phenoxy) is 1. The van der Waals surface area contributed by atoms with Gasteiger partial charge in [0, 0.05) is 13.1 Å². The van der Waals surface area contributed by atoms with Crippen LogP contribution in [-0.2, 0) is 4.74 Å². The number of hydrogen-bond donors (Lipinski definition) is 0. The van der Waals surface area contributed by atoms with Crippen LogP contribution in [-0.4, -0.2) is 36.7 Å². The number of likely N-dealkylation sites (tertiary alicyclic amines) is 1. The molecule has 2 nitrogen and oxygen atoms in total. The Hall–Kier alpha value is -0.0800. The molecular formula is C17H37NO. The molecule has 1 heterocycles. The van der Waals surface area contributed by atoms with Gasteiger partial charge in [-0.1, -0.05) is 34.6 Å². The lowest BCUT2D eigenvalue weighted by molar-refractivity contribution is -0.0390. The predicted octanol–water partition coefficient (Wildman–Crippen LogP) is 4.73. The molecule has 2 heteroatoms. The second-order valence-corrected chi connectivity index (χ2v) is 5.96. The fraction of sp³-hybridized carbons (Fsp3) is 1.00. The summed E-state index contributed by atoms with van der Waals surface area (Å²) in [6.45, 7) is 16.8. The van der Waals surface area contributed by atoms with Crippen LogP contribution in [0.4, 0.5) is 0 Å². The topological polar surface area (TPSA) is 12.5 Å². The van der Waals surface area contributed by atoms with Gasteiger partial charge in [0.15, 0.2) is 0 Å². The number of piperidine rings is 1. The molecular weight excluding hydrogens is 234 g/mol. The number of nitrogens with zero attached hydrogens (tertiary/aromatic N) is 1. The van der Waals surface area contributed by atoms with Crippen molar-refractivity contribution in [3.05, 3.63) is 0 Å². The lowest BCUT2D eigenvalue weighted by Crippen LogP contribution is -2.38. The molecule has 0 spiro atoms. The first-order valence-corrected chi connectivity index (χ1v) is 8.49. The summed E-state index contributed by atoms with van der Waals surface area (Å²) in [4.78, 5) is 2.57. The molecule has 0 N–H and O–H groups in total. The van der Waals surface area contributed by atoms with Gasteiger partial charge in [0.2, 0.25) is 0 Å². The van der Waals surface area contributed by atoms with Crippen LogP contribution in [0.1, 0.15) is 73.6 Å². The molecule has 1 fully saturated rings. The Kier molecular flexibility index (Phi) is 11.7. The molecule has 0 aromatic heterocycles. The standard InChI is InChI=1S/C15H31NO.C2H6/c1-5-10-16-11-8-15(9-12-16)17-14(4)7-6-13(2)3;1-2/h13-15H,5-12H2,1-4H3;1-2H3. The predicted molar refractivity (Wildman–Crippen MR) is 85.7 cm³/mol. The van der Waals surface area contributed by atoms with E-state index in [0.717, 1.165) is 5.92 Å². The van der Waals surface area contributed by atoms with Crippen LogP contribution in [0.25, 0.3) is 0 Å². The molecule has 1 unspecified atom stereocenters. The van der Waals surface area contributed by atoms with Crippen LogP contribution >= 0.6 is 0 Å². The monoisotopic (exact) mass is 271 g/mol. The van der Waals surface area contributed by atoms with Gasteiger partial charge in [0.25, 0.3) is 0 Å². The summed E-state index contributed by atoms with van der Waals surface area (Å²) in [7, 11) is 0. The Morgan fingerprint density at radius 3 is 2.11 bits per heavy atom. The maximum absolute atomic E-state index is 6.14. The van der Waals surface area contributed by atoms with E-state index in [0.29, 0.717) is 12.2 Å². The van der Waals surface area contributed by atoms with Gasteiger partial charge in [0.1, 0.15) is 0 Å². The molecule has 1 atom stereocenters. The van der Waals surface area contributed by atoms with Crippen molar-refractivity contribution in [2.45, 2.75) is 85.9 Å². The molecule has 0 aromatic carbocycles. The Balaban J connectivity index is 0.00000154. The molecule has 1 saturated heterocycles. The maximum atomic E-state index is 6.14. The summed E-state index contributed by atoms with van der Waals surface area (Å²) in [5.41, 5.74) is 0. The first-order chi connectivity index (χ1) is 9.11. The van der Waals surface area contributed by atoms with Crippen molar-refractivity contribution in [1.29, 1.82) is 0 Å². The van der Waals surface area contributed by atoms with Gasteiger partial charge in [0.05, 0.1) is 12.2 Å². The van der Waals surface area contributed by atoms with Crippen LogP contribution in [0.15, 0.2) is 0 Å². The molecule has 0 amide bonds. The zero-order valence-electron chi connectivity index (χ0n) is 14.2. The highest BCUT2D eigenvalue weighted by Crippen LogP contribution is 2.18. The third-order valence-corrected chi connectivity index (χ3v) is 3.65. The minimum atomic E-state index is 0.445. The molecule has 0 radical (unpaired) electrons. The molecule has 0 bridgehead atoms. The van der Waals surface area contributed by atoms with Crippen LogP contribution in [0, 0.1) is 5.92 Å². The molecule has 1 aliphatic heterocycles. The maximum Gasteiger partial charge on any atom is 0.0603 e. The SMILES string of the molecule is CC.CCCN1CCC(OC(C)CCC(C)C)CC1. The second-order valence-electron chi connectivity index (χ2n) is 5.96. The first kappa shape index (κ1) is 18.9. The average Bonchev–Trinajstić information content (AvgIpc) is 2.41. The van der Waals surface area contributed by atoms with Crippen LogP contribution in [0.3, 0.4) is 0 Å². The fourth-order valence-corrected chi connectivity index (χ4v) is 2.55. The van der Waals surface area contributed by atoms with E-state index in [9.17, 15) is 0 Å². The van der Waals surface area contributed by atoms with Crippen molar-refractivity contribution >= 4 is 0 Å². The van der Waals surface area contributed by atoms with Crippen molar-refractivity contribution in [3.8, 4) is 0 Å².